The van der Waals surface area contributed by atoms with Crippen molar-refractivity contribution in [1.29, 1.82) is 0 Å². The number of hydrogen-bond acceptors (Lipinski definition) is 4. The monoisotopic (exact) mass is 289 g/mol. The van der Waals surface area contributed by atoms with Crippen molar-refractivity contribution in [3.05, 3.63) is 29.6 Å². The molecular weight excluding hydrogens is 266 g/mol. The summed E-state index contributed by atoms with van der Waals surface area (Å²) in [6.07, 6.45) is 2.00. The third-order valence-corrected chi connectivity index (χ3v) is 3.36. The highest BCUT2D eigenvalue weighted by Crippen LogP contribution is 2.08. The van der Waals surface area contributed by atoms with Crippen LogP contribution in [-0.2, 0) is 0 Å². The van der Waals surface area contributed by atoms with E-state index in [2.05, 4.69) is 40.9 Å². The summed E-state index contributed by atoms with van der Waals surface area (Å²) < 4.78 is 0. The SMILES string of the molecule is CN(C)C(C)(C)CNC(=O)c1ccc(C#CCCO)cn1. The molecule has 0 saturated heterocycles. The fourth-order valence-electron chi connectivity index (χ4n) is 1.37. The summed E-state index contributed by atoms with van der Waals surface area (Å²) in [5.74, 6) is 5.49. The Balaban J connectivity index is 2.62. The van der Waals surface area contributed by atoms with Gasteiger partial charge in [-0.05, 0) is 40.1 Å². The summed E-state index contributed by atoms with van der Waals surface area (Å²) in [6, 6.07) is 3.41. The first-order valence-corrected chi connectivity index (χ1v) is 6.88. The second kappa shape index (κ2) is 7.77. The van der Waals surface area contributed by atoms with Crippen LogP contribution in [0.25, 0.3) is 0 Å². The van der Waals surface area contributed by atoms with Crippen LogP contribution in [0.2, 0.25) is 0 Å². The van der Waals surface area contributed by atoms with Crippen molar-refractivity contribution < 1.29 is 9.90 Å². The van der Waals surface area contributed by atoms with E-state index in [0.717, 1.165) is 5.56 Å². The van der Waals surface area contributed by atoms with Crippen molar-refractivity contribution in [2.24, 2.45) is 0 Å². The van der Waals surface area contributed by atoms with Crippen LogP contribution in [0.4, 0.5) is 0 Å². The topological polar surface area (TPSA) is 65.5 Å². The standard InChI is InChI=1S/C16H23N3O2/c1-16(2,19(3)4)12-18-15(21)14-9-8-13(11-17-14)7-5-6-10-20/h8-9,11,20H,6,10,12H2,1-4H3,(H,18,21). The van der Waals surface area contributed by atoms with Crippen LogP contribution in [0.1, 0.15) is 36.3 Å². The van der Waals surface area contributed by atoms with Crippen molar-refractivity contribution in [3.8, 4) is 11.8 Å². The van der Waals surface area contributed by atoms with Crippen molar-refractivity contribution >= 4 is 5.91 Å². The molecular formula is C16H23N3O2. The van der Waals surface area contributed by atoms with Gasteiger partial charge >= 0.3 is 0 Å². The Morgan fingerprint density at radius 3 is 2.67 bits per heavy atom. The first-order chi connectivity index (χ1) is 9.86. The molecule has 0 radical (unpaired) electrons. The zero-order valence-corrected chi connectivity index (χ0v) is 13.1. The highest BCUT2D eigenvalue weighted by atomic mass is 16.2. The number of aromatic nitrogens is 1. The van der Waals surface area contributed by atoms with E-state index in [4.69, 9.17) is 5.11 Å². The van der Waals surface area contributed by atoms with E-state index in [1.165, 1.54) is 0 Å². The van der Waals surface area contributed by atoms with E-state index >= 15 is 0 Å². The summed E-state index contributed by atoms with van der Waals surface area (Å²) in [7, 11) is 3.95. The largest absolute Gasteiger partial charge is 0.395 e. The molecule has 1 rings (SSSR count). The van der Waals surface area contributed by atoms with E-state index in [9.17, 15) is 4.79 Å². The van der Waals surface area contributed by atoms with E-state index in [0.29, 0.717) is 18.7 Å². The summed E-state index contributed by atoms with van der Waals surface area (Å²) in [4.78, 5) is 18.2. The number of carbonyl (C=O) groups is 1. The second-order valence-corrected chi connectivity index (χ2v) is 5.60. The van der Waals surface area contributed by atoms with Gasteiger partial charge in [-0.1, -0.05) is 11.8 Å². The molecule has 0 saturated carbocycles. The van der Waals surface area contributed by atoms with Crippen LogP contribution >= 0.6 is 0 Å². The molecule has 0 bridgehead atoms. The Kier molecular flexibility index (Phi) is 6.35. The average Bonchev–Trinajstić information content (AvgIpc) is 2.45. The van der Waals surface area contributed by atoms with Crippen LogP contribution in [0.3, 0.4) is 0 Å². The van der Waals surface area contributed by atoms with Gasteiger partial charge in [-0.3, -0.25) is 4.79 Å². The van der Waals surface area contributed by atoms with E-state index < -0.39 is 0 Å². The molecule has 5 nitrogen and oxygen atoms in total. The third-order valence-electron chi connectivity index (χ3n) is 3.36. The van der Waals surface area contributed by atoms with Crippen LogP contribution in [-0.4, -0.2) is 53.7 Å². The lowest BCUT2D eigenvalue weighted by Crippen LogP contribution is -2.48. The maximum absolute atomic E-state index is 12.0. The number of carbonyl (C=O) groups excluding carboxylic acids is 1. The predicted octanol–water partition coefficient (Wildman–Crippen LogP) is 0.885. The zero-order valence-electron chi connectivity index (χ0n) is 13.1. The van der Waals surface area contributed by atoms with Crippen LogP contribution < -0.4 is 5.32 Å². The number of likely N-dealkylation sites (N-methyl/N-ethyl adjacent to an activating group) is 1. The molecule has 114 valence electrons. The van der Waals surface area contributed by atoms with Crippen molar-refractivity contribution in [1.82, 2.24) is 15.2 Å². The van der Waals surface area contributed by atoms with E-state index in [1.54, 1.807) is 18.3 Å². The number of nitrogens with one attached hydrogen (secondary N) is 1. The molecule has 1 heterocycles. The Morgan fingerprint density at radius 1 is 1.43 bits per heavy atom. The summed E-state index contributed by atoms with van der Waals surface area (Å²) in [5, 5.41) is 11.5. The van der Waals surface area contributed by atoms with Gasteiger partial charge in [0.15, 0.2) is 0 Å². The molecule has 1 aromatic rings. The minimum atomic E-state index is -0.195. The number of nitrogens with zero attached hydrogens (tertiary/aromatic N) is 2. The minimum absolute atomic E-state index is 0.0442. The molecule has 0 unspecified atom stereocenters. The molecule has 0 aliphatic heterocycles. The van der Waals surface area contributed by atoms with Gasteiger partial charge in [0.05, 0.1) is 6.61 Å². The molecule has 5 heteroatoms. The first kappa shape index (κ1) is 17.2. The Hall–Kier alpha value is -1.90. The second-order valence-electron chi connectivity index (χ2n) is 5.60. The quantitative estimate of drug-likeness (QED) is 0.790. The summed E-state index contributed by atoms with van der Waals surface area (Å²) in [6.45, 7) is 4.70. The molecule has 2 N–H and O–H groups in total. The zero-order chi connectivity index (χ0) is 15.9. The van der Waals surface area contributed by atoms with Gasteiger partial charge in [0.2, 0.25) is 0 Å². The Morgan fingerprint density at radius 2 is 2.14 bits per heavy atom. The van der Waals surface area contributed by atoms with Crippen LogP contribution in [0.5, 0.6) is 0 Å². The summed E-state index contributed by atoms with van der Waals surface area (Å²) in [5.41, 5.74) is 0.983. The third kappa shape index (κ3) is 5.54. The van der Waals surface area contributed by atoms with E-state index in [-0.39, 0.29) is 18.1 Å². The molecule has 0 aliphatic carbocycles. The van der Waals surface area contributed by atoms with E-state index in [1.807, 2.05) is 14.1 Å². The molecule has 0 aliphatic rings. The Bertz CT molecular complexity index is 525. The molecule has 1 aromatic heterocycles. The van der Waals surface area contributed by atoms with Crippen LogP contribution in [0.15, 0.2) is 18.3 Å². The highest BCUT2D eigenvalue weighted by molar-refractivity contribution is 5.92. The summed E-state index contributed by atoms with van der Waals surface area (Å²) >= 11 is 0. The number of aliphatic hydroxyl groups is 1. The number of hydrogen-bond donors (Lipinski definition) is 2. The molecule has 0 atom stereocenters. The number of amides is 1. The molecule has 21 heavy (non-hydrogen) atoms. The fraction of sp³-hybridized carbons (Fsp3) is 0.500. The first-order valence-electron chi connectivity index (χ1n) is 6.88. The lowest BCUT2D eigenvalue weighted by Gasteiger charge is -2.32. The van der Waals surface area contributed by atoms with Gasteiger partial charge < -0.3 is 15.3 Å². The van der Waals surface area contributed by atoms with Crippen molar-refractivity contribution in [3.63, 3.8) is 0 Å². The molecule has 1 amide bonds. The lowest BCUT2D eigenvalue weighted by atomic mass is 10.0. The molecule has 0 aromatic carbocycles. The normalized spacial score (nSPS) is 11.0. The van der Waals surface area contributed by atoms with Gasteiger partial charge in [-0.25, -0.2) is 4.98 Å². The molecule has 0 spiro atoms. The smallest absolute Gasteiger partial charge is 0.269 e. The number of aliphatic hydroxyl groups excluding tert-OH is 1. The highest BCUT2D eigenvalue weighted by Gasteiger charge is 2.21. The van der Waals surface area contributed by atoms with Crippen molar-refractivity contribution in [2.45, 2.75) is 25.8 Å². The van der Waals surface area contributed by atoms with Gasteiger partial charge in [-0.2, -0.15) is 0 Å². The molecule has 0 fully saturated rings. The predicted molar refractivity (Wildman–Crippen MR) is 82.9 cm³/mol. The van der Waals surface area contributed by atoms with Gasteiger partial charge in [-0.15, -0.1) is 0 Å². The Labute approximate surface area is 126 Å². The van der Waals surface area contributed by atoms with Crippen LogP contribution in [0, 0.1) is 11.8 Å². The lowest BCUT2D eigenvalue weighted by molar-refractivity contribution is 0.0914. The number of pyridine rings is 1. The van der Waals surface area contributed by atoms with Gasteiger partial charge in [0.1, 0.15) is 5.69 Å². The van der Waals surface area contributed by atoms with Gasteiger partial charge in [0.25, 0.3) is 5.91 Å². The average molecular weight is 289 g/mol. The fourth-order valence-corrected chi connectivity index (χ4v) is 1.37. The maximum atomic E-state index is 12.0. The minimum Gasteiger partial charge on any atom is -0.395 e. The number of rotatable bonds is 5. The van der Waals surface area contributed by atoms with Gasteiger partial charge in [0, 0.05) is 30.3 Å². The maximum Gasteiger partial charge on any atom is 0.269 e. The van der Waals surface area contributed by atoms with Crippen molar-refractivity contribution in [2.75, 3.05) is 27.2 Å².